The van der Waals surface area contributed by atoms with E-state index in [1.165, 1.54) is 5.56 Å². The SMILES string of the molecule is CCC1OCCC1C(Cc1ccc(Cl)c(Cl)c1)NC. The van der Waals surface area contributed by atoms with Crippen molar-refractivity contribution in [2.75, 3.05) is 13.7 Å². The molecular weight excluding hydrogens is 281 g/mol. The molecule has 1 aliphatic rings. The molecule has 106 valence electrons. The van der Waals surface area contributed by atoms with Crippen LogP contribution in [0.4, 0.5) is 0 Å². The summed E-state index contributed by atoms with van der Waals surface area (Å²) in [6.45, 7) is 3.07. The fourth-order valence-electron chi connectivity index (χ4n) is 2.93. The van der Waals surface area contributed by atoms with Crippen molar-refractivity contribution in [1.82, 2.24) is 5.32 Å². The van der Waals surface area contributed by atoms with E-state index in [1.807, 2.05) is 19.2 Å². The van der Waals surface area contributed by atoms with Crippen molar-refractivity contribution in [2.45, 2.75) is 38.3 Å². The van der Waals surface area contributed by atoms with Gasteiger partial charge in [-0.05, 0) is 44.0 Å². The average Bonchev–Trinajstić information content (AvgIpc) is 2.88. The minimum Gasteiger partial charge on any atom is -0.378 e. The second kappa shape index (κ2) is 6.94. The second-order valence-corrected chi connectivity index (χ2v) is 5.93. The van der Waals surface area contributed by atoms with E-state index in [1.54, 1.807) is 0 Å². The van der Waals surface area contributed by atoms with Crippen LogP contribution in [0.2, 0.25) is 10.0 Å². The van der Waals surface area contributed by atoms with Crippen molar-refractivity contribution in [2.24, 2.45) is 5.92 Å². The predicted octanol–water partition coefficient (Wildman–Crippen LogP) is 3.94. The van der Waals surface area contributed by atoms with Crippen LogP contribution in [0.25, 0.3) is 0 Å². The Morgan fingerprint density at radius 1 is 1.37 bits per heavy atom. The van der Waals surface area contributed by atoms with Crippen molar-refractivity contribution in [1.29, 1.82) is 0 Å². The van der Waals surface area contributed by atoms with E-state index in [0.29, 0.717) is 28.1 Å². The van der Waals surface area contributed by atoms with E-state index < -0.39 is 0 Å². The number of rotatable bonds is 5. The summed E-state index contributed by atoms with van der Waals surface area (Å²) < 4.78 is 5.79. The van der Waals surface area contributed by atoms with E-state index in [2.05, 4.69) is 18.3 Å². The first kappa shape index (κ1) is 15.1. The molecule has 1 aliphatic heterocycles. The fourth-order valence-corrected chi connectivity index (χ4v) is 3.25. The van der Waals surface area contributed by atoms with Gasteiger partial charge in [-0.3, -0.25) is 0 Å². The van der Waals surface area contributed by atoms with Crippen LogP contribution in [0, 0.1) is 5.92 Å². The van der Waals surface area contributed by atoms with Crippen molar-refractivity contribution >= 4 is 23.2 Å². The van der Waals surface area contributed by atoms with Crippen molar-refractivity contribution in [3.63, 3.8) is 0 Å². The van der Waals surface area contributed by atoms with Crippen molar-refractivity contribution in [3.8, 4) is 0 Å². The van der Waals surface area contributed by atoms with Gasteiger partial charge in [-0.25, -0.2) is 0 Å². The highest BCUT2D eigenvalue weighted by Crippen LogP contribution is 2.29. The van der Waals surface area contributed by atoms with Gasteiger partial charge in [0.05, 0.1) is 16.1 Å². The Morgan fingerprint density at radius 2 is 2.16 bits per heavy atom. The van der Waals surface area contributed by atoms with Gasteiger partial charge in [0.25, 0.3) is 0 Å². The van der Waals surface area contributed by atoms with Crippen molar-refractivity contribution in [3.05, 3.63) is 33.8 Å². The van der Waals surface area contributed by atoms with E-state index in [4.69, 9.17) is 27.9 Å². The lowest BCUT2D eigenvalue weighted by atomic mass is 9.87. The van der Waals surface area contributed by atoms with Crippen LogP contribution >= 0.6 is 23.2 Å². The molecule has 0 spiro atoms. The van der Waals surface area contributed by atoms with Gasteiger partial charge in [-0.1, -0.05) is 36.2 Å². The van der Waals surface area contributed by atoms with Gasteiger partial charge in [0.1, 0.15) is 0 Å². The molecule has 0 aromatic heterocycles. The molecule has 4 heteroatoms. The molecule has 0 saturated carbocycles. The molecule has 2 rings (SSSR count). The van der Waals surface area contributed by atoms with Gasteiger partial charge >= 0.3 is 0 Å². The smallest absolute Gasteiger partial charge is 0.0616 e. The Labute approximate surface area is 125 Å². The maximum atomic E-state index is 6.08. The average molecular weight is 302 g/mol. The summed E-state index contributed by atoms with van der Waals surface area (Å²) in [4.78, 5) is 0. The van der Waals surface area contributed by atoms with Crippen LogP contribution in [-0.2, 0) is 11.2 Å². The Balaban J connectivity index is 2.08. The predicted molar refractivity (Wildman–Crippen MR) is 81.2 cm³/mol. The van der Waals surface area contributed by atoms with Gasteiger partial charge in [0.15, 0.2) is 0 Å². The molecule has 3 unspecified atom stereocenters. The van der Waals surface area contributed by atoms with E-state index in [-0.39, 0.29) is 0 Å². The monoisotopic (exact) mass is 301 g/mol. The van der Waals surface area contributed by atoms with Gasteiger partial charge in [0, 0.05) is 18.6 Å². The highest BCUT2D eigenvalue weighted by molar-refractivity contribution is 6.42. The number of hydrogen-bond acceptors (Lipinski definition) is 2. The Hall–Kier alpha value is -0.280. The highest BCUT2D eigenvalue weighted by atomic mass is 35.5. The van der Waals surface area contributed by atoms with E-state index in [9.17, 15) is 0 Å². The minimum absolute atomic E-state index is 0.375. The third kappa shape index (κ3) is 3.63. The quantitative estimate of drug-likeness (QED) is 0.889. The summed E-state index contributed by atoms with van der Waals surface area (Å²) in [5.41, 5.74) is 1.22. The van der Waals surface area contributed by atoms with Crippen LogP contribution in [0.1, 0.15) is 25.3 Å². The molecule has 1 aromatic rings. The molecule has 19 heavy (non-hydrogen) atoms. The number of nitrogens with one attached hydrogen (secondary N) is 1. The summed E-state index contributed by atoms with van der Waals surface area (Å²) in [6, 6.07) is 6.30. The molecule has 3 atom stereocenters. The maximum absolute atomic E-state index is 6.08. The van der Waals surface area contributed by atoms with E-state index >= 15 is 0 Å². The molecule has 1 aromatic carbocycles. The number of likely N-dealkylation sites (N-methyl/N-ethyl adjacent to an activating group) is 1. The first-order valence-corrected chi connectivity index (χ1v) is 7.64. The van der Waals surface area contributed by atoms with Crippen LogP contribution in [-0.4, -0.2) is 25.8 Å². The minimum atomic E-state index is 0.375. The molecular formula is C15H21Cl2NO. The zero-order valence-electron chi connectivity index (χ0n) is 11.5. The van der Waals surface area contributed by atoms with Crippen molar-refractivity contribution < 1.29 is 4.74 Å². The topological polar surface area (TPSA) is 21.3 Å². The van der Waals surface area contributed by atoms with E-state index in [0.717, 1.165) is 25.9 Å². The molecule has 1 N–H and O–H groups in total. The molecule has 0 amide bonds. The molecule has 2 nitrogen and oxygen atoms in total. The maximum Gasteiger partial charge on any atom is 0.0616 e. The molecule has 1 saturated heterocycles. The summed E-state index contributed by atoms with van der Waals surface area (Å²) in [5.74, 6) is 0.574. The van der Waals surface area contributed by atoms with Gasteiger partial charge in [-0.2, -0.15) is 0 Å². The Kier molecular flexibility index (Phi) is 5.52. The molecule has 0 radical (unpaired) electrons. The third-order valence-electron chi connectivity index (χ3n) is 3.99. The molecule has 1 heterocycles. The van der Waals surface area contributed by atoms with Crippen LogP contribution in [0.15, 0.2) is 18.2 Å². The van der Waals surface area contributed by atoms with Gasteiger partial charge in [-0.15, -0.1) is 0 Å². The lowest BCUT2D eigenvalue weighted by Crippen LogP contribution is -2.39. The number of benzene rings is 1. The Morgan fingerprint density at radius 3 is 2.79 bits per heavy atom. The zero-order valence-corrected chi connectivity index (χ0v) is 13.0. The zero-order chi connectivity index (χ0) is 13.8. The number of halogens is 2. The molecule has 0 aliphatic carbocycles. The summed E-state index contributed by atoms with van der Waals surface area (Å²) in [6.07, 6.45) is 3.54. The normalized spacial score (nSPS) is 24.6. The largest absolute Gasteiger partial charge is 0.378 e. The van der Waals surface area contributed by atoms with Crippen LogP contribution < -0.4 is 5.32 Å². The fraction of sp³-hybridized carbons (Fsp3) is 0.600. The van der Waals surface area contributed by atoms with Crippen LogP contribution in [0.3, 0.4) is 0 Å². The lowest BCUT2D eigenvalue weighted by Gasteiger charge is -2.27. The summed E-state index contributed by atoms with van der Waals surface area (Å²) >= 11 is 12.0. The molecule has 1 fully saturated rings. The number of hydrogen-bond donors (Lipinski definition) is 1. The first-order valence-electron chi connectivity index (χ1n) is 6.88. The first-order chi connectivity index (χ1) is 9.15. The Bertz CT molecular complexity index is 425. The second-order valence-electron chi connectivity index (χ2n) is 5.12. The van der Waals surface area contributed by atoms with Gasteiger partial charge < -0.3 is 10.1 Å². The summed E-state index contributed by atoms with van der Waals surface area (Å²) in [5, 5.41) is 4.68. The van der Waals surface area contributed by atoms with Crippen LogP contribution in [0.5, 0.6) is 0 Å². The molecule has 0 bridgehead atoms. The third-order valence-corrected chi connectivity index (χ3v) is 4.73. The number of ether oxygens (including phenoxy) is 1. The summed E-state index contributed by atoms with van der Waals surface area (Å²) in [7, 11) is 2.02. The standard InChI is InChI=1S/C15H21Cl2NO/c1-3-15-11(6-7-19-15)14(18-2)9-10-4-5-12(16)13(17)8-10/h4-5,8,11,14-15,18H,3,6-7,9H2,1-2H3. The highest BCUT2D eigenvalue weighted by Gasteiger charge is 2.32. The van der Waals surface area contributed by atoms with Gasteiger partial charge in [0.2, 0.25) is 0 Å². The lowest BCUT2D eigenvalue weighted by molar-refractivity contribution is 0.0783.